The van der Waals surface area contributed by atoms with Crippen LogP contribution in [-0.4, -0.2) is 33.5 Å². The second-order valence-corrected chi connectivity index (χ2v) is 7.85. The summed E-state index contributed by atoms with van der Waals surface area (Å²) in [7, 11) is 0. The summed E-state index contributed by atoms with van der Waals surface area (Å²) in [5.41, 5.74) is 8.25. The van der Waals surface area contributed by atoms with Crippen molar-refractivity contribution in [1.29, 1.82) is 0 Å². The van der Waals surface area contributed by atoms with Gasteiger partial charge in [0.2, 0.25) is 0 Å². The lowest BCUT2D eigenvalue weighted by Crippen LogP contribution is -2.42. The van der Waals surface area contributed by atoms with Crippen LogP contribution in [0.3, 0.4) is 0 Å². The van der Waals surface area contributed by atoms with Crippen molar-refractivity contribution in [1.82, 2.24) is 9.88 Å². The van der Waals surface area contributed by atoms with Crippen molar-refractivity contribution in [3.63, 3.8) is 0 Å². The third-order valence-electron chi connectivity index (χ3n) is 3.74. The number of nitrogen functional groups attached to an aromatic ring is 1. The van der Waals surface area contributed by atoms with E-state index in [2.05, 4.69) is 47.6 Å². The van der Waals surface area contributed by atoms with Gasteiger partial charge >= 0.3 is 0 Å². The van der Waals surface area contributed by atoms with E-state index >= 15 is 0 Å². The maximum atomic E-state index is 6.13. The molecule has 2 heterocycles. The molecular formula is C16H21N3S. The minimum Gasteiger partial charge on any atom is -0.383 e. The number of hydrogen-bond acceptors (Lipinski definition) is 4. The van der Waals surface area contributed by atoms with Gasteiger partial charge in [-0.15, -0.1) is 0 Å². The number of rotatable bonds is 2. The molecule has 1 aromatic heterocycles. The first kappa shape index (κ1) is 13.7. The molecule has 2 N–H and O–H groups in total. The molecule has 0 bridgehead atoms. The third kappa shape index (κ3) is 2.91. The van der Waals surface area contributed by atoms with Gasteiger partial charge in [-0.2, -0.15) is 11.8 Å². The van der Waals surface area contributed by atoms with Crippen LogP contribution in [-0.2, 0) is 6.54 Å². The fraction of sp³-hybridized carbons (Fsp3) is 0.438. The molecule has 4 heteroatoms. The highest BCUT2D eigenvalue weighted by Crippen LogP contribution is 2.31. The molecule has 1 saturated heterocycles. The Balaban J connectivity index is 1.85. The SMILES string of the molecule is CC1(C)CN(Cc2cc3ccccc3nc2N)CCS1. The van der Waals surface area contributed by atoms with E-state index in [0.29, 0.717) is 10.6 Å². The normalized spacial score (nSPS) is 19.3. The molecule has 0 radical (unpaired) electrons. The summed E-state index contributed by atoms with van der Waals surface area (Å²) < 4.78 is 0.331. The summed E-state index contributed by atoms with van der Waals surface area (Å²) in [4.78, 5) is 7.01. The Hall–Kier alpha value is -1.26. The Morgan fingerprint density at radius 2 is 2.15 bits per heavy atom. The predicted octanol–water partition coefficient (Wildman–Crippen LogP) is 3.14. The van der Waals surface area contributed by atoms with E-state index in [9.17, 15) is 0 Å². The van der Waals surface area contributed by atoms with Crippen molar-refractivity contribution < 1.29 is 0 Å². The zero-order chi connectivity index (χ0) is 14.2. The molecule has 0 atom stereocenters. The highest BCUT2D eigenvalue weighted by Gasteiger charge is 2.27. The quantitative estimate of drug-likeness (QED) is 0.921. The smallest absolute Gasteiger partial charge is 0.128 e. The number of nitrogens with two attached hydrogens (primary N) is 1. The molecule has 20 heavy (non-hydrogen) atoms. The van der Waals surface area contributed by atoms with E-state index in [1.807, 2.05) is 18.2 Å². The van der Waals surface area contributed by atoms with Crippen molar-refractivity contribution in [3.05, 3.63) is 35.9 Å². The molecule has 1 aliphatic rings. The summed E-state index contributed by atoms with van der Waals surface area (Å²) >= 11 is 2.05. The fourth-order valence-corrected chi connectivity index (χ4v) is 3.97. The molecule has 0 saturated carbocycles. The summed E-state index contributed by atoms with van der Waals surface area (Å²) in [6, 6.07) is 10.3. The molecule has 106 valence electrons. The number of aromatic nitrogens is 1. The summed E-state index contributed by atoms with van der Waals surface area (Å²) in [5, 5.41) is 1.17. The standard InChI is InChI=1S/C16H21N3S/c1-16(2)11-19(7-8-20-16)10-13-9-12-5-3-4-6-14(12)18-15(13)17/h3-6,9H,7-8,10-11H2,1-2H3,(H2,17,18). The van der Waals surface area contributed by atoms with Crippen molar-refractivity contribution >= 4 is 28.5 Å². The van der Waals surface area contributed by atoms with Gasteiger partial charge < -0.3 is 5.73 Å². The molecule has 1 aliphatic heterocycles. The first-order valence-electron chi connectivity index (χ1n) is 7.04. The van der Waals surface area contributed by atoms with Crippen LogP contribution in [0.25, 0.3) is 10.9 Å². The lowest BCUT2D eigenvalue weighted by molar-refractivity contribution is 0.253. The van der Waals surface area contributed by atoms with E-state index in [-0.39, 0.29) is 0 Å². The Morgan fingerprint density at radius 3 is 2.95 bits per heavy atom. The molecule has 2 aromatic rings. The maximum absolute atomic E-state index is 6.13. The van der Waals surface area contributed by atoms with Crippen LogP contribution in [0.5, 0.6) is 0 Å². The maximum Gasteiger partial charge on any atom is 0.128 e. The Labute approximate surface area is 124 Å². The topological polar surface area (TPSA) is 42.2 Å². The zero-order valence-electron chi connectivity index (χ0n) is 12.1. The van der Waals surface area contributed by atoms with Gasteiger partial charge in [-0.1, -0.05) is 18.2 Å². The monoisotopic (exact) mass is 287 g/mol. The second kappa shape index (κ2) is 5.26. The summed E-state index contributed by atoms with van der Waals surface area (Å²) in [6.45, 7) is 7.75. The lowest BCUT2D eigenvalue weighted by Gasteiger charge is -2.37. The highest BCUT2D eigenvalue weighted by atomic mass is 32.2. The number of thioether (sulfide) groups is 1. The number of benzene rings is 1. The highest BCUT2D eigenvalue weighted by molar-refractivity contribution is 8.00. The Bertz CT molecular complexity index is 624. The molecule has 0 spiro atoms. The third-order valence-corrected chi connectivity index (χ3v) is 5.03. The predicted molar refractivity (Wildman–Crippen MR) is 88.0 cm³/mol. The van der Waals surface area contributed by atoms with E-state index in [4.69, 9.17) is 5.73 Å². The van der Waals surface area contributed by atoms with Gasteiger partial charge in [-0.25, -0.2) is 4.98 Å². The Morgan fingerprint density at radius 1 is 1.35 bits per heavy atom. The minimum absolute atomic E-state index is 0.331. The number of para-hydroxylation sites is 1. The number of hydrogen-bond donors (Lipinski definition) is 1. The average Bonchev–Trinajstić information content (AvgIpc) is 2.38. The number of fused-ring (bicyclic) bond motifs is 1. The van der Waals surface area contributed by atoms with Crippen LogP contribution in [0, 0.1) is 0 Å². The summed E-state index contributed by atoms with van der Waals surface area (Å²) in [5.74, 6) is 1.85. The largest absolute Gasteiger partial charge is 0.383 e. The van der Waals surface area contributed by atoms with Crippen LogP contribution in [0.1, 0.15) is 19.4 Å². The molecule has 1 aromatic carbocycles. The van der Waals surface area contributed by atoms with Crippen molar-refractivity contribution in [2.24, 2.45) is 0 Å². The number of pyridine rings is 1. The van der Waals surface area contributed by atoms with Gasteiger partial charge in [0.15, 0.2) is 0 Å². The zero-order valence-corrected chi connectivity index (χ0v) is 12.9. The van der Waals surface area contributed by atoms with E-state index in [0.717, 1.165) is 30.7 Å². The van der Waals surface area contributed by atoms with Crippen molar-refractivity contribution in [3.8, 4) is 0 Å². The van der Waals surface area contributed by atoms with E-state index < -0.39 is 0 Å². The molecule has 1 fully saturated rings. The summed E-state index contributed by atoms with van der Waals surface area (Å²) in [6.07, 6.45) is 0. The van der Waals surface area contributed by atoms with E-state index in [1.54, 1.807) is 0 Å². The lowest BCUT2D eigenvalue weighted by atomic mass is 10.1. The molecular weight excluding hydrogens is 266 g/mol. The van der Waals surface area contributed by atoms with Crippen molar-refractivity contribution in [2.75, 3.05) is 24.6 Å². The van der Waals surface area contributed by atoms with Crippen LogP contribution in [0.2, 0.25) is 0 Å². The number of anilines is 1. The van der Waals surface area contributed by atoms with Gasteiger partial charge in [-0.05, 0) is 26.0 Å². The van der Waals surface area contributed by atoms with Crippen molar-refractivity contribution in [2.45, 2.75) is 25.1 Å². The minimum atomic E-state index is 0.331. The first-order chi connectivity index (χ1) is 9.53. The van der Waals surface area contributed by atoms with Crippen LogP contribution in [0.15, 0.2) is 30.3 Å². The van der Waals surface area contributed by atoms with Crippen LogP contribution >= 0.6 is 11.8 Å². The number of nitrogens with zero attached hydrogens (tertiary/aromatic N) is 2. The van der Waals surface area contributed by atoms with Crippen LogP contribution < -0.4 is 5.73 Å². The molecule has 3 nitrogen and oxygen atoms in total. The van der Waals surface area contributed by atoms with Gasteiger partial charge in [0.25, 0.3) is 0 Å². The van der Waals surface area contributed by atoms with Gasteiger partial charge in [0, 0.05) is 41.1 Å². The molecule has 0 amide bonds. The van der Waals surface area contributed by atoms with Gasteiger partial charge in [-0.3, -0.25) is 4.90 Å². The second-order valence-electron chi connectivity index (χ2n) is 6.04. The Kier molecular flexibility index (Phi) is 3.61. The van der Waals surface area contributed by atoms with Gasteiger partial charge in [0.1, 0.15) is 5.82 Å². The van der Waals surface area contributed by atoms with Gasteiger partial charge in [0.05, 0.1) is 5.52 Å². The first-order valence-corrected chi connectivity index (χ1v) is 8.02. The fourth-order valence-electron chi connectivity index (χ4n) is 2.79. The molecule has 3 rings (SSSR count). The van der Waals surface area contributed by atoms with Crippen LogP contribution in [0.4, 0.5) is 5.82 Å². The molecule has 0 unspecified atom stereocenters. The molecule has 0 aliphatic carbocycles. The van der Waals surface area contributed by atoms with E-state index in [1.165, 1.54) is 11.1 Å². The average molecular weight is 287 g/mol.